The second-order valence-electron chi connectivity index (χ2n) is 9.65. The molecule has 5 rings (SSSR count). The van der Waals surface area contributed by atoms with E-state index >= 15 is 0 Å². The van der Waals surface area contributed by atoms with Crippen molar-refractivity contribution in [3.63, 3.8) is 0 Å². The highest BCUT2D eigenvalue weighted by Gasteiger charge is 2.54. The van der Waals surface area contributed by atoms with Crippen molar-refractivity contribution in [2.24, 2.45) is 5.92 Å². The maximum Gasteiger partial charge on any atom is 0.573 e. The number of hydrogen-bond donors (Lipinski definition) is 2. The van der Waals surface area contributed by atoms with Crippen LogP contribution in [-0.2, 0) is 16.9 Å². The lowest BCUT2D eigenvalue weighted by Crippen LogP contribution is -2.58. The lowest BCUT2D eigenvalue weighted by Gasteiger charge is -2.43. The van der Waals surface area contributed by atoms with Crippen LogP contribution in [0.25, 0.3) is 0 Å². The zero-order chi connectivity index (χ0) is 23.9. The third kappa shape index (κ3) is 4.79. The third-order valence-corrected chi connectivity index (χ3v) is 7.27. The first kappa shape index (κ1) is 23.2. The zero-order valence-electron chi connectivity index (χ0n) is 19.0. The lowest BCUT2D eigenvalue weighted by molar-refractivity contribution is -0.274. The van der Waals surface area contributed by atoms with Crippen LogP contribution in [-0.4, -0.2) is 30.3 Å². The summed E-state index contributed by atoms with van der Waals surface area (Å²) >= 11 is 0. The van der Waals surface area contributed by atoms with Gasteiger partial charge in [0.15, 0.2) is 0 Å². The molecule has 3 fully saturated rings. The van der Waals surface area contributed by atoms with Crippen molar-refractivity contribution >= 4 is 5.78 Å². The van der Waals surface area contributed by atoms with Gasteiger partial charge in [0.05, 0.1) is 11.6 Å². The van der Waals surface area contributed by atoms with Crippen LogP contribution in [0.15, 0.2) is 48.5 Å². The number of carbonyl (C=O) groups is 1. The summed E-state index contributed by atoms with van der Waals surface area (Å²) in [6.45, 7) is 1.98. The van der Waals surface area contributed by atoms with Gasteiger partial charge in [-0.05, 0) is 62.8 Å². The molecule has 1 saturated carbocycles. The number of benzene rings is 2. The molecule has 3 aliphatic rings. The number of rotatable bonds is 8. The third-order valence-electron chi connectivity index (χ3n) is 7.27. The minimum absolute atomic E-state index is 0.00327. The van der Waals surface area contributed by atoms with Crippen molar-refractivity contribution in [2.75, 3.05) is 0 Å². The fourth-order valence-electron chi connectivity index (χ4n) is 5.53. The van der Waals surface area contributed by atoms with E-state index < -0.39 is 11.9 Å². The number of alkyl halides is 3. The van der Waals surface area contributed by atoms with Crippen LogP contribution in [0, 0.1) is 5.92 Å². The molecule has 2 N–H and O–H groups in total. The summed E-state index contributed by atoms with van der Waals surface area (Å²) in [6, 6.07) is 14.5. The molecule has 34 heavy (non-hydrogen) atoms. The molecule has 4 unspecified atom stereocenters. The van der Waals surface area contributed by atoms with Gasteiger partial charge in [-0.3, -0.25) is 4.79 Å². The van der Waals surface area contributed by atoms with Crippen LogP contribution in [0.4, 0.5) is 13.2 Å². The molecule has 0 amide bonds. The Bertz CT molecular complexity index is 1040. The van der Waals surface area contributed by atoms with E-state index in [1.54, 1.807) is 13.0 Å². The van der Waals surface area contributed by atoms with E-state index in [0.717, 1.165) is 31.2 Å². The van der Waals surface area contributed by atoms with E-state index in [1.165, 1.54) is 12.1 Å². The van der Waals surface area contributed by atoms with Crippen molar-refractivity contribution < 1.29 is 27.4 Å². The standard InChI is InChI=1S/C26H29F3N2O3/c1-16(32)21-14-25(18-5-3-2-4-6-18)24(12-10-22(21)31-25)30-15-17-13-20(34-26(27,28)29)9-11-23(17)33-19-7-8-19/h2-6,9,11,13,19,21-22,24,30-31H,7-8,10,12,14-15H2,1H3. The summed E-state index contributed by atoms with van der Waals surface area (Å²) in [7, 11) is 0. The molecular formula is C26H29F3N2O3. The highest BCUT2D eigenvalue weighted by atomic mass is 19.4. The largest absolute Gasteiger partial charge is 0.573 e. The van der Waals surface area contributed by atoms with Crippen LogP contribution in [0.5, 0.6) is 11.5 Å². The summed E-state index contributed by atoms with van der Waals surface area (Å²) in [5, 5.41) is 7.35. The van der Waals surface area contributed by atoms with E-state index in [2.05, 4.69) is 27.5 Å². The Hall–Kier alpha value is -2.58. The van der Waals surface area contributed by atoms with Crippen molar-refractivity contribution in [1.29, 1.82) is 0 Å². The van der Waals surface area contributed by atoms with Gasteiger partial charge >= 0.3 is 6.36 Å². The van der Waals surface area contributed by atoms with Gasteiger partial charge in [0, 0.05) is 30.1 Å². The first-order chi connectivity index (χ1) is 16.2. The molecule has 0 aromatic heterocycles. The maximum atomic E-state index is 12.8. The Balaban J connectivity index is 1.41. The minimum atomic E-state index is -4.76. The summed E-state index contributed by atoms with van der Waals surface area (Å²) < 4.78 is 48.5. The molecule has 182 valence electrons. The number of fused-ring (bicyclic) bond motifs is 2. The van der Waals surface area contributed by atoms with Crippen LogP contribution in [0.2, 0.25) is 0 Å². The fourth-order valence-corrected chi connectivity index (χ4v) is 5.53. The highest BCUT2D eigenvalue weighted by molar-refractivity contribution is 5.80. The number of Topliss-reactive ketones (excluding diaryl/α,β-unsaturated/α-hetero) is 1. The molecule has 0 radical (unpaired) electrons. The SMILES string of the molecule is CC(=O)C1CC2(c3ccccc3)NC1CCC2NCc1cc(OC(F)(F)F)ccc1OC1CC1. The summed E-state index contributed by atoms with van der Waals surface area (Å²) in [5.74, 6) is 0.454. The van der Waals surface area contributed by atoms with E-state index in [4.69, 9.17) is 4.74 Å². The Morgan fingerprint density at radius 2 is 1.88 bits per heavy atom. The number of piperidine rings is 1. The van der Waals surface area contributed by atoms with Crippen LogP contribution >= 0.6 is 0 Å². The van der Waals surface area contributed by atoms with Gasteiger partial charge in [0.2, 0.25) is 0 Å². The van der Waals surface area contributed by atoms with Gasteiger partial charge in [0.1, 0.15) is 17.3 Å². The zero-order valence-corrected chi connectivity index (χ0v) is 19.0. The number of ether oxygens (including phenoxy) is 2. The van der Waals surface area contributed by atoms with E-state index in [-0.39, 0.29) is 35.6 Å². The molecule has 1 aliphatic carbocycles. The lowest BCUT2D eigenvalue weighted by atomic mass is 9.78. The van der Waals surface area contributed by atoms with Crippen molar-refractivity contribution in [3.05, 3.63) is 59.7 Å². The number of halogens is 3. The van der Waals surface area contributed by atoms with Crippen LogP contribution in [0.1, 0.15) is 50.2 Å². The first-order valence-electron chi connectivity index (χ1n) is 11.9. The number of nitrogens with one attached hydrogen (secondary N) is 2. The summed E-state index contributed by atoms with van der Waals surface area (Å²) in [4.78, 5) is 12.4. The second-order valence-corrected chi connectivity index (χ2v) is 9.65. The molecule has 4 atom stereocenters. The topological polar surface area (TPSA) is 59.6 Å². The smallest absolute Gasteiger partial charge is 0.490 e. The van der Waals surface area contributed by atoms with Gasteiger partial charge < -0.3 is 20.1 Å². The molecule has 8 heteroatoms. The molecule has 5 nitrogen and oxygen atoms in total. The average Bonchev–Trinajstić information content (AvgIpc) is 3.55. The van der Waals surface area contributed by atoms with Gasteiger partial charge in [0.25, 0.3) is 0 Å². The molecule has 2 aromatic rings. The van der Waals surface area contributed by atoms with Gasteiger partial charge in [-0.2, -0.15) is 0 Å². The minimum Gasteiger partial charge on any atom is -0.490 e. The quantitative estimate of drug-likeness (QED) is 0.573. The Kier molecular flexibility index (Phi) is 6.06. The van der Waals surface area contributed by atoms with Crippen molar-refractivity contribution in [2.45, 2.75) is 75.7 Å². The number of carbonyl (C=O) groups excluding carboxylic acids is 1. The predicted molar refractivity (Wildman–Crippen MR) is 120 cm³/mol. The molecule has 2 aromatic carbocycles. The Morgan fingerprint density at radius 3 is 2.56 bits per heavy atom. The number of ketones is 1. The van der Waals surface area contributed by atoms with E-state index in [9.17, 15) is 18.0 Å². The molecule has 2 saturated heterocycles. The van der Waals surface area contributed by atoms with E-state index in [1.807, 2.05) is 18.2 Å². The predicted octanol–water partition coefficient (Wildman–Crippen LogP) is 4.84. The monoisotopic (exact) mass is 474 g/mol. The number of hydrogen-bond acceptors (Lipinski definition) is 5. The van der Waals surface area contributed by atoms with Gasteiger partial charge in [-0.25, -0.2) is 0 Å². The van der Waals surface area contributed by atoms with Crippen molar-refractivity contribution in [3.8, 4) is 11.5 Å². The normalized spacial score (nSPS) is 28.5. The highest BCUT2D eigenvalue weighted by Crippen LogP contribution is 2.46. The second kappa shape index (κ2) is 8.89. The molecule has 2 bridgehead atoms. The van der Waals surface area contributed by atoms with Gasteiger partial charge in [-0.1, -0.05) is 30.3 Å². The van der Waals surface area contributed by atoms with E-state index in [0.29, 0.717) is 24.3 Å². The average molecular weight is 475 g/mol. The Labute approximate surface area is 197 Å². The van der Waals surface area contributed by atoms with Crippen LogP contribution < -0.4 is 20.1 Å². The fraction of sp³-hybridized carbons (Fsp3) is 0.500. The van der Waals surface area contributed by atoms with Crippen LogP contribution in [0.3, 0.4) is 0 Å². The molecule has 2 aliphatic heterocycles. The molecular weight excluding hydrogens is 445 g/mol. The maximum absolute atomic E-state index is 12.8. The molecule has 2 heterocycles. The van der Waals surface area contributed by atoms with Crippen molar-refractivity contribution in [1.82, 2.24) is 10.6 Å². The van der Waals surface area contributed by atoms with Gasteiger partial charge in [-0.15, -0.1) is 13.2 Å². The summed E-state index contributed by atoms with van der Waals surface area (Å²) in [5.41, 5.74) is 1.32. The summed E-state index contributed by atoms with van der Waals surface area (Å²) in [6.07, 6.45) is -0.331. The first-order valence-corrected chi connectivity index (χ1v) is 11.9. The molecule has 0 spiro atoms. The Morgan fingerprint density at radius 1 is 1.12 bits per heavy atom.